The first-order valence-electron chi connectivity index (χ1n) is 11.9. The van der Waals surface area contributed by atoms with Crippen molar-refractivity contribution in [3.05, 3.63) is 60.2 Å². The first-order valence-corrected chi connectivity index (χ1v) is 11.9. The highest BCUT2D eigenvalue weighted by Crippen LogP contribution is 2.38. The van der Waals surface area contributed by atoms with Crippen LogP contribution in [-0.4, -0.2) is 65.8 Å². The molecule has 1 aromatic heterocycles. The minimum absolute atomic E-state index is 0.00205. The van der Waals surface area contributed by atoms with Gasteiger partial charge < -0.3 is 24.7 Å². The molecule has 10 heteroatoms. The van der Waals surface area contributed by atoms with E-state index >= 15 is 0 Å². The Labute approximate surface area is 207 Å². The zero-order valence-corrected chi connectivity index (χ0v) is 21.1. The van der Waals surface area contributed by atoms with Crippen LogP contribution in [0.15, 0.2) is 48.9 Å². The van der Waals surface area contributed by atoms with Crippen LogP contribution in [-0.2, 0) is 25.3 Å². The molecule has 1 unspecified atom stereocenters. The van der Waals surface area contributed by atoms with E-state index in [4.69, 9.17) is 14.0 Å². The molecule has 0 bridgehead atoms. The van der Waals surface area contributed by atoms with Crippen LogP contribution >= 0.6 is 0 Å². The SMILES string of the molecule is COCC(NC(=O)c1cnccn1)C(=O)N[C@@H](CCCc1ccccc1)B1OC(C)(C)C(C)(C)O1. The van der Waals surface area contributed by atoms with Crippen LogP contribution in [0, 0.1) is 0 Å². The Hall–Kier alpha value is -2.82. The Morgan fingerprint density at radius 2 is 1.74 bits per heavy atom. The number of amides is 2. The molecule has 1 aliphatic rings. The fourth-order valence-corrected chi connectivity index (χ4v) is 3.78. The van der Waals surface area contributed by atoms with Crippen LogP contribution in [0.1, 0.15) is 56.6 Å². The zero-order valence-electron chi connectivity index (χ0n) is 21.1. The highest BCUT2D eigenvalue weighted by Gasteiger charge is 2.54. The smallest absolute Gasteiger partial charge is 0.402 e. The average Bonchev–Trinajstić information content (AvgIpc) is 3.05. The molecule has 0 radical (unpaired) electrons. The van der Waals surface area contributed by atoms with E-state index in [0.29, 0.717) is 6.42 Å². The normalized spacial score (nSPS) is 18.0. The summed E-state index contributed by atoms with van der Waals surface area (Å²) in [5.41, 5.74) is 0.269. The Bertz CT molecular complexity index is 958. The average molecular weight is 482 g/mol. The summed E-state index contributed by atoms with van der Waals surface area (Å²) in [5, 5.41) is 5.73. The van der Waals surface area contributed by atoms with E-state index < -0.39 is 36.2 Å². The number of nitrogens with zero attached hydrogens (tertiary/aromatic N) is 2. The Morgan fingerprint density at radius 1 is 1.06 bits per heavy atom. The number of aromatic nitrogens is 2. The number of carbonyl (C=O) groups is 2. The molecule has 0 saturated carbocycles. The summed E-state index contributed by atoms with van der Waals surface area (Å²) in [6, 6.07) is 9.25. The number of hydrogen-bond donors (Lipinski definition) is 2. The van der Waals surface area contributed by atoms with Gasteiger partial charge in [0.15, 0.2) is 0 Å². The minimum Gasteiger partial charge on any atom is -0.402 e. The van der Waals surface area contributed by atoms with Gasteiger partial charge in [-0.2, -0.15) is 0 Å². The molecule has 1 aliphatic heterocycles. The van der Waals surface area contributed by atoms with Gasteiger partial charge in [-0.15, -0.1) is 0 Å². The fourth-order valence-electron chi connectivity index (χ4n) is 3.78. The van der Waals surface area contributed by atoms with Crippen molar-refractivity contribution < 1.29 is 23.6 Å². The van der Waals surface area contributed by atoms with Crippen molar-refractivity contribution in [1.82, 2.24) is 20.6 Å². The van der Waals surface area contributed by atoms with Gasteiger partial charge in [-0.25, -0.2) is 4.98 Å². The van der Waals surface area contributed by atoms with Crippen molar-refractivity contribution in [1.29, 1.82) is 0 Å². The van der Waals surface area contributed by atoms with E-state index in [1.165, 1.54) is 31.3 Å². The number of aryl methyl sites for hydroxylation is 1. The molecular weight excluding hydrogens is 447 g/mol. The lowest BCUT2D eigenvalue weighted by Gasteiger charge is -2.32. The van der Waals surface area contributed by atoms with E-state index in [-0.39, 0.29) is 18.2 Å². The standard InChI is InChI=1S/C25H35BN4O5/c1-24(2)25(3,4)35-26(34-24)21(13-9-12-18-10-7-6-8-11-18)30-23(32)20(17-33-5)29-22(31)19-16-27-14-15-28-19/h6-8,10-11,14-16,20-21H,9,12-13,17H2,1-5H3,(H,29,31)(H,30,32)/t20?,21-/m0/s1. The summed E-state index contributed by atoms with van der Waals surface area (Å²) in [7, 11) is 0.846. The number of rotatable bonds is 11. The summed E-state index contributed by atoms with van der Waals surface area (Å²) < 4.78 is 17.7. The third-order valence-electron chi connectivity index (χ3n) is 6.50. The molecular formula is C25H35BN4O5. The second-order valence-corrected chi connectivity index (χ2v) is 9.69. The predicted molar refractivity (Wildman–Crippen MR) is 133 cm³/mol. The molecule has 1 aromatic carbocycles. The first-order chi connectivity index (χ1) is 16.6. The number of nitrogens with one attached hydrogen (secondary N) is 2. The molecule has 2 amide bonds. The number of benzene rings is 1. The van der Waals surface area contributed by atoms with Crippen LogP contribution in [0.25, 0.3) is 0 Å². The zero-order chi connectivity index (χ0) is 25.5. The molecule has 0 aliphatic carbocycles. The molecule has 3 rings (SSSR count). The van der Waals surface area contributed by atoms with Gasteiger partial charge in [0.05, 0.1) is 29.9 Å². The summed E-state index contributed by atoms with van der Waals surface area (Å²) in [5.74, 6) is -1.31. The van der Waals surface area contributed by atoms with Gasteiger partial charge in [0, 0.05) is 19.5 Å². The molecule has 188 valence electrons. The molecule has 9 nitrogen and oxygen atoms in total. The lowest BCUT2D eigenvalue weighted by Crippen LogP contribution is -2.56. The molecule has 1 saturated heterocycles. The molecule has 2 heterocycles. The first kappa shape index (κ1) is 26.8. The largest absolute Gasteiger partial charge is 0.481 e. The van der Waals surface area contributed by atoms with Crippen LogP contribution in [0.2, 0.25) is 0 Å². The van der Waals surface area contributed by atoms with Gasteiger partial charge >= 0.3 is 7.12 Å². The van der Waals surface area contributed by atoms with Crippen molar-refractivity contribution in [2.24, 2.45) is 0 Å². The summed E-state index contributed by atoms with van der Waals surface area (Å²) in [6.45, 7) is 7.91. The second kappa shape index (κ2) is 11.7. The molecule has 35 heavy (non-hydrogen) atoms. The second-order valence-electron chi connectivity index (χ2n) is 9.69. The predicted octanol–water partition coefficient (Wildman–Crippen LogP) is 2.36. The highest BCUT2D eigenvalue weighted by molar-refractivity contribution is 6.48. The van der Waals surface area contributed by atoms with Crippen molar-refractivity contribution in [3.8, 4) is 0 Å². The lowest BCUT2D eigenvalue weighted by molar-refractivity contribution is -0.124. The molecule has 2 N–H and O–H groups in total. The lowest BCUT2D eigenvalue weighted by atomic mass is 9.75. The maximum atomic E-state index is 13.3. The van der Waals surface area contributed by atoms with Crippen LogP contribution in [0.5, 0.6) is 0 Å². The third kappa shape index (κ3) is 7.10. The molecule has 0 spiro atoms. The number of ether oxygens (including phenoxy) is 1. The third-order valence-corrected chi connectivity index (χ3v) is 6.50. The van der Waals surface area contributed by atoms with E-state index in [2.05, 4.69) is 32.7 Å². The maximum Gasteiger partial charge on any atom is 0.481 e. The van der Waals surface area contributed by atoms with Crippen LogP contribution in [0.4, 0.5) is 0 Å². The van der Waals surface area contributed by atoms with Gasteiger partial charge in [0.25, 0.3) is 5.91 Å². The number of carbonyl (C=O) groups excluding carboxylic acids is 2. The van der Waals surface area contributed by atoms with Crippen LogP contribution in [0.3, 0.4) is 0 Å². The highest BCUT2D eigenvalue weighted by atomic mass is 16.7. The van der Waals surface area contributed by atoms with Crippen molar-refractivity contribution in [2.75, 3.05) is 13.7 Å². The molecule has 2 aromatic rings. The van der Waals surface area contributed by atoms with Crippen molar-refractivity contribution in [3.63, 3.8) is 0 Å². The van der Waals surface area contributed by atoms with Crippen molar-refractivity contribution >= 4 is 18.9 Å². The summed E-state index contributed by atoms with van der Waals surface area (Å²) >= 11 is 0. The van der Waals surface area contributed by atoms with Gasteiger partial charge in [0.1, 0.15) is 11.7 Å². The van der Waals surface area contributed by atoms with Gasteiger partial charge in [0.2, 0.25) is 5.91 Å². The van der Waals surface area contributed by atoms with E-state index in [9.17, 15) is 9.59 Å². The van der Waals surface area contributed by atoms with Crippen molar-refractivity contribution in [2.45, 2.75) is 70.1 Å². The summed E-state index contributed by atoms with van der Waals surface area (Å²) in [4.78, 5) is 33.7. The molecule has 2 atom stereocenters. The van der Waals surface area contributed by atoms with Gasteiger partial charge in [-0.1, -0.05) is 30.3 Å². The van der Waals surface area contributed by atoms with E-state index in [1.54, 1.807) is 0 Å². The topological polar surface area (TPSA) is 112 Å². The monoisotopic (exact) mass is 482 g/mol. The summed E-state index contributed by atoms with van der Waals surface area (Å²) in [6.07, 6.45) is 6.54. The fraction of sp³-hybridized carbons (Fsp3) is 0.520. The minimum atomic E-state index is -0.923. The Kier molecular flexibility index (Phi) is 8.99. The van der Waals surface area contributed by atoms with E-state index in [1.807, 2.05) is 45.9 Å². The quantitative estimate of drug-likeness (QED) is 0.473. The maximum absolute atomic E-state index is 13.3. The Balaban J connectivity index is 1.71. The van der Waals surface area contributed by atoms with Gasteiger partial charge in [-0.05, 0) is 52.5 Å². The Morgan fingerprint density at radius 3 is 2.34 bits per heavy atom. The van der Waals surface area contributed by atoms with E-state index in [0.717, 1.165) is 12.8 Å². The number of methoxy groups -OCH3 is 1. The number of hydrogen-bond acceptors (Lipinski definition) is 7. The van der Waals surface area contributed by atoms with Crippen LogP contribution < -0.4 is 10.6 Å². The molecule has 1 fully saturated rings. The van der Waals surface area contributed by atoms with Gasteiger partial charge in [-0.3, -0.25) is 14.6 Å².